The molecule has 1 N–H and O–H groups in total. The first-order valence-electron chi connectivity index (χ1n) is 14.4. The monoisotopic (exact) mass is 601 g/mol. The van der Waals surface area contributed by atoms with Crippen LogP contribution in [0, 0.1) is 6.92 Å². The van der Waals surface area contributed by atoms with Gasteiger partial charge in [0.2, 0.25) is 5.91 Å². The molecular formula is C31H43N3O7S. The molecule has 0 spiro atoms. The molecule has 1 fully saturated rings. The van der Waals surface area contributed by atoms with Gasteiger partial charge in [0.25, 0.3) is 5.56 Å². The second kappa shape index (κ2) is 14.2. The van der Waals surface area contributed by atoms with Crippen molar-refractivity contribution in [1.82, 2.24) is 14.0 Å². The number of carbonyl (C=O) groups is 2. The van der Waals surface area contributed by atoms with Crippen LogP contribution in [0.15, 0.2) is 33.9 Å². The van der Waals surface area contributed by atoms with Crippen LogP contribution in [-0.4, -0.2) is 63.9 Å². The van der Waals surface area contributed by atoms with Gasteiger partial charge in [0.15, 0.2) is 0 Å². The van der Waals surface area contributed by atoms with Gasteiger partial charge in [-0.05, 0) is 84.4 Å². The first kappa shape index (κ1) is 33.1. The standard InChI is InChI=1S/C28H35N3O6S.C3H8O/c1-6-37-25(33)22-18(2)21-23(32)31(28(3,4)26(34)29-15-10-7-11-16-29)27(35)30(24(21)38-22)17-14-19-12-8-9-13-20(19)36-5;1-3(2)4/h8-9,12-13H,6-7,10-11,14-17H2,1-5H3;3-4H,1-2H3. The number of thiophene rings is 1. The number of hydrogen-bond donors (Lipinski definition) is 1. The van der Waals surface area contributed by atoms with E-state index in [0.717, 1.165) is 40.7 Å². The van der Waals surface area contributed by atoms with Crippen molar-refractivity contribution in [3.8, 4) is 5.75 Å². The number of ether oxygens (including phenoxy) is 2. The van der Waals surface area contributed by atoms with E-state index in [1.54, 1.807) is 53.6 Å². The third-order valence-corrected chi connectivity index (χ3v) is 8.49. The third kappa shape index (κ3) is 6.95. The number of amides is 1. The fraction of sp³-hybridized carbons (Fsp3) is 0.548. The van der Waals surface area contributed by atoms with Gasteiger partial charge in [0, 0.05) is 25.7 Å². The number of benzene rings is 1. The molecule has 0 atom stereocenters. The van der Waals surface area contributed by atoms with Gasteiger partial charge >= 0.3 is 11.7 Å². The van der Waals surface area contributed by atoms with Crippen molar-refractivity contribution in [1.29, 1.82) is 0 Å². The zero-order chi connectivity index (χ0) is 31.2. The van der Waals surface area contributed by atoms with Crippen LogP contribution < -0.4 is 16.0 Å². The van der Waals surface area contributed by atoms with Crippen molar-refractivity contribution in [3.05, 3.63) is 61.1 Å². The summed E-state index contributed by atoms with van der Waals surface area (Å²) < 4.78 is 13.3. The number of carbonyl (C=O) groups excluding carboxylic acids is 2. The van der Waals surface area contributed by atoms with Gasteiger partial charge in [-0.3, -0.25) is 14.2 Å². The van der Waals surface area contributed by atoms with Crippen molar-refractivity contribution in [2.45, 2.75) is 85.4 Å². The zero-order valence-corrected chi connectivity index (χ0v) is 26.5. The maximum absolute atomic E-state index is 14.0. The minimum Gasteiger partial charge on any atom is -0.496 e. The summed E-state index contributed by atoms with van der Waals surface area (Å²) in [5.41, 5.74) is -1.21. The van der Waals surface area contributed by atoms with Crippen molar-refractivity contribution >= 4 is 33.4 Å². The van der Waals surface area contributed by atoms with Crippen LogP contribution in [0.4, 0.5) is 0 Å². The molecule has 11 heteroatoms. The summed E-state index contributed by atoms with van der Waals surface area (Å²) in [4.78, 5) is 56.8. The van der Waals surface area contributed by atoms with Crippen molar-refractivity contribution in [3.63, 3.8) is 0 Å². The fourth-order valence-electron chi connectivity index (χ4n) is 5.15. The average molecular weight is 602 g/mol. The van der Waals surface area contributed by atoms with Crippen LogP contribution in [-0.2, 0) is 28.0 Å². The van der Waals surface area contributed by atoms with Gasteiger partial charge < -0.3 is 19.5 Å². The number of hydrogen-bond acceptors (Lipinski definition) is 8. The number of aromatic nitrogens is 2. The molecule has 1 aliphatic rings. The summed E-state index contributed by atoms with van der Waals surface area (Å²) in [6.07, 6.45) is 3.12. The lowest BCUT2D eigenvalue weighted by Gasteiger charge is -2.35. The van der Waals surface area contributed by atoms with E-state index in [9.17, 15) is 19.2 Å². The van der Waals surface area contributed by atoms with E-state index in [2.05, 4.69) is 0 Å². The van der Waals surface area contributed by atoms with Gasteiger partial charge in [-0.25, -0.2) is 14.2 Å². The Morgan fingerprint density at radius 3 is 2.31 bits per heavy atom. The Morgan fingerprint density at radius 1 is 1.10 bits per heavy atom. The predicted molar refractivity (Wildman–Crippen MR) is 165 cm³/mol. The molecule has 0 radical (unpaired) electrons. The highest BCUT2D eigenvalue weighted by molar-refractivity contribution is 7.20. The first-order chi connectivity index (χ1) is 19.9. The highest BCUT2D eigenvalue weighted by Crippen LogP contribution is 2.30. The highest BCUT2D eigenvalue weighted by Gasteiger charge is 2.38. The number of piperidine rings is 1. The molecule has 230 valence electrons. The summed E-state index contributed by atoms with van der Waals surface area (Å²) in [6, 6.07) is 7.54. The minimum absolute atomic E-state index is 0.167. The van der Waals surface area contributed by atoms with Crippen molar-refractivity contribution in [2.24, 2.45) is 0 Å². The van der Waals surface area contributed by atoms with Crippen LogP contribution in [0.5, 0.6) is 5.75 Å². The topological polar surface area (TPSA) is 120 Å². The second-order valence-electron chi connectivity index (χ2n) is 11.1. The number of aliphatic hydroxyl groups is 1. The number of aryl methyl sites for hydroxylation is 3. The van der Waals surface area contributed by atoms with E-state index < -0.39 is 22.8 Å². The third-order valence-electron chi connectivity index (χ3n) is 7.20. The lowest BCUT2D eigenvalue weighted by molar-refractivity contribution is -0.140. The normalized spacial score (nSPS) is 13.6. The Morgan fingerprint density at radius 2 is 1.71 bits per heavy atom. The Bertz CT molecular complexity index is 1520. The maximum Gasteiger partial charge on any atom is 0.348 e. The fourth-order valence-corrected chi connectivity index (χ4v) is 6.36. The van der Waals surface area contributed by atoms with Crippen LogP contribution in [0.1, 0.15) is 74.7 Å². The number of fused-ring (bicyclic) bond motifs is 1. The lowest BCUT2D eigenvalue weighted by atomic mass is 10.00. The molecule has 3 heterocycles. The first-order valence-corrected chi connectivity index (χ1v) is 15.2. The molecule has 1 amide bonds. The number of methoxy groups -OCH3 is 1. The molecule has 1 aromatic carbocycles. The largest absolute Gasteiger partial charge is 0.496 e. The maximum atomic E-state index is 14.0. The van der Waals surface area contributed by atoms with Crippen LogP contribution >= 0.6 is 11.3 Å². The summed E-state index contributed by atoms with van der Waals surface area (Å²) in [6.45, 7) is 11.7. The van der Waals surface area contributed by atoms with Crippen molar-refractivity contribution in [2.75, 3.05) is 26.8 Å². The molecule has 0 unspecified atom stereocenters. The SMILES string of the molecule is CC(C)O.CCOC(=O)c1sc2c(c1C)c(=O)n(C(C)(C)C(=O)N1CCCCC1)c(=O)n2CCc1ccccc1OC. The summed E-state index contributed by atoms with van der Waals surface area (Å²) >= 11 is 1.08. The van der Waals surface area contributed by atoms with E-state index in [4.69, 9.17) is 14.6 Å². The molecular weight excluding hydrogens is 558 g/mol. The summed E-state index contributed by atoms with van der Waals surface area (Å²) in [7, 11) is 1.59. The van der Waals surface area contributed by atoms with Gasteiger partial charge in [-0.1, -0.05) is 18.2 Å². The average Bonchev–Trinajstić information content (AvgIpc) is 3.30. The second-order valence-corrected chi connectivity index (χ2v) is 12.1. The number of likely N-dealkylation sites (tertiary alicyclic amines) is 1. The molecule has 10 nitrogen and oxygen atoms in total. The molecule has 1 aliphatic heterocycles. The Balaban J connectivity index is 0.00000114. The Labute approximate surface area is 250 Å². The Kier molecular flexibility index (Phi) is 11.1. The quantitative estimate of drug-likeness (QED) is 0.386. The number of esters is 1. The Hall–Kier alpha value is -3.44. The molecule has 0 saturated carbocycles. The molecule has 3 aromatic rings. The van der Waals surface area contributed by atoms with Gasteiger partial charge in [-0.2, -0.15) is 0 Å². The highest BCUT2D eigenvalue weighted by atomic mass is 32.1. The summed E-state index contributed by atoms with van der Waals surface area (Å²) in [5.74, 6) is -0.102. The molecule has 0 aliphatic carbocycles. The number of aliphatic hydroxyl groups excluding tert-OH is 1. The van der Waals surface area contributed by atoms with Crippen LogP contribution in [0.3, 0.4) is 0 Å². The number of para-hydroxylation sites is 1. The van der Waals surface area contributed by atoms with Gasteiger partial charge in [-0.15, -0.1) is 11.3 Å². The molecule has 1 saturated heterocycles. The molecule has 0 bridgehead atoms. The molecule has 4 rings (SSSR count). The van der Waals surface area contributed by atoms with Crippen LogP contribution in [0.2, 0.25) is 0 Å². The van der Waals surface area contributed by atoms with E-state index in [1.165, 1.54) is 4.57 Å². The number of nitrogens with zero attached hydrogens (tertiary/aromatic N) is 3. The van der Waals surface area contributed by atoms with E-state index in [0.29, 0.717) is 35.7 Å². The van der Waals surface area contributed by atoms with Gasteiger partial charge in [0.05, 0.1) is 19.1 Å². The van der Waals surface area contributed by atoms with Crippen molar-refractivity contribution < 1.29 is 24.2 Å². The summed E-state index contributed by atoms with van der Waals surface area (Å²) in [5, 5.41) is 8.32. The van der Waals surface area contributed by atoms with Crippen LogP contribution in [0.25, 0.3) is 10.2 Å². The molecule has 42 heavy (non-hydrogen) atoms. The minimum atomic E-state index is -1.41. The van der Waals surface area contributed by atoms with Gasteiger partial charge in [0.1, 0.15) is 21.0 Å². The zero-order valence-electron chi connectivity index (χ0n) is 25.7. The lowest BCUT2D eigenvalue weighted by Crippen LogP contribution is -2.57. The van der Waals surface area contributed by atoms with E-state index >= 15 is 0 Å². The van der Waals surface area contributed by atoms with E-state index in [1.807, 2.05) is 24.3 Å². The molecule has 2 aromatic heterocycles. The van der Waals surface area contributed by atoms with E-state index in [-0.39, 0.29) is 35.4 Å². The smallest absolute Gasteiger partial charge is 0.348 e. The number of rotatable bonds is 8. The predicted octanol–water partition coefficient (Wildman–Crippen LogP) is 4.10.